The van der Waals surface area contributed by atoms with Crippen molar-refractivity contribution in [1.82, 2.24) is 15.2 Å². The van der Waals surface area contributed by atoms with Gasteiger partial charge in [0, 0.05) is 13.1 Å². The number of carbonyl (C=O) groups excluding carboxylic acids is 2. The highest BCUT2D eigenvalue weighted by Gasteiger charge is 2.20. The monoisotopic (exact) mass is 349 g/mol. The van der Waals surface area contributed by atoms with Crippen molar-refractivity contribution >= 4 is 33.4 Å². The van der Waals surface area contributed by atoms with Crippen molar-refractivity contribution in [3.8, 4) is 0 Å². The van der Waals surface area contributed by atoms with E-state index in [0.717, 1.165) is 20.1 Å². The van der Waals surface area contributed by atoms with E-state index in [4.69, 9.17) is 0 Å². The zero-order valence-corrected chi connectivity index (χ0v) is 15.3. The Morgan fingerprint density at radius 3 is 2.71 bits per heavy atom. The minimum absolute atomic E-state index is 0.0117. The van der Waals surface area contributed by atoms with Gasteiger partial charge in [-0.15, -0.1) is 11.3 Å². The SMILES string of the molecule is CCNC(=O)CN(CC)C(=O)C[NH+](C)Cc1nc2ccccc2s1. The Morgan fingerprint density at radius 2 is 2.04 bits per heavy atom. The largest absolute Gasteiger partial charge is 0.355 e. The number of aromatic nitrogens is 1. The number of hydrogen-bond acceptors (Lipinski definition) is 4. The lowest BCUT2D eigenvalue weighted by molar-refractivity contribution is -0.885. The van der Waals surface area contributed by atoms with Gasteiger partial charge in [-0.25, -0.2) is 4.98 Å². The molecule has 2 N–H and O–H groups in total. The third-order valence-electron chi connectivity index (χ3n) is 3.69. The van der Waals surface area contributed by atoms with Gasteiger partial charge in [0.15, 0.2) is 6.54 Å². The van der Waals surface area contributed by atoms with Gasteiger partial charge in [-0.3, -0.25) is 9.59 Å². The van der Waals surface area contributed by atoms with E-state index < -0.39 is 0 Å². The van der Waals surface area contributed by atoms with Crippen LogP contribution < -0.4 is 10.2 Å². The van der Waals surface area contributed by atoms with Crippen molar-refractivity contribution in [3.63, 3.8) is 0 Å². The molecule has 1 unspecified atom stereocenters. The summed E-state index contributed by atoms with van der Waals surface area (Å²) in [6.45, 7) is 6.04. The van der Waals surface area contributed by atoms with E-state index in [0.29, 0.717) is 26.2 Å². The molecular formula is C17H25N4O2S+. The summed E-state index contributed by atoms with van der Waals surface area (Å²) in [5.41, 5.74) is 1.00. The van der Waals surface area contributed by atoms with Gasteiger partial charge >= 0.3 is 0 Å². The molecule has 0 fully saturated rings. The normalized spacial score (nSPS) is 12.1. The summed E-state index contributed by atoms with van der Waals surface area (Å²) >= 11 is 1.66. The molecule has 2 amide bonds. The Morgan fingerprint density at radius 1 is 1.29 bits per heavy atom. The topological polar surface area (TPSA) is 66.7 Å². The second-order valence-corrected chi connectivity index (χ2v) is 6.86. The van der Waals surface area contributed by atoms with Crippen molar-refractivity contribution in [1.29, 1.82) is 0 Å². The van der Waals surface area contributed by atoms with E-state index >= 15 is 0 Å². The summed E-state index contributed by atoms with van der Waals surface area (Å²) in [7, 11) is 1.98. The molecule has 24 heavy (non-hydrogen) atoms. The first-order valence-electron chi connectivity index (χ1n) is 8.23. The highest BCUT2D eigenvalue weighted by atomic mass is 32.1. The summed E-state index contributed by atoms with van der Waals surface area (Å²) in [6.07, 6.45) is 0. The van der Waals surface area contributed by atoms with E-state index in [1.807, 2.05) is 39.1 Å². The minimum atomic E-state index is -0.114. The van der Waals surface area contributed by atoms with E-state index in [1.165, 1.54) is 0 Å². The van der Waals surface area contributed by atoms with Crippen LogP contribution in [0.2, 0.25) is 0 Å². The lowest BCUT2D eigenvalue weighted by atomic mass is 10.3. The molecule has 2 rings (SSSR count). The molecule has 0 saturated carbocycles. The number of benzene rings is 1. The van der Waals surface area contributed by atoms with E-state index in [9.17, 15) is 9.59 Å². The maximum atomic E-state index is 12.4. The van der Waals surface area contributed by atoms with Crippen LogP contribution in [0, 0.1) is 0 Å². The molecule has 1 aromatic heterocycles. The second kappa shape index (κ2) is 8.75. The third kappa shape index (κ3) is 5.01. The van der Waals surface area contributed by atoms with Gasteiger partial charge in [0.2, 0.25) is 5.91 Å². The Balaban J connectivity index is 1.91. The van der Waals surface area contributed by atoms with Gasteiger partial charge in [0.05, 0.1) is 23.8 Å². The first-order chi connectivity index (χ1) is 11.5. The van der Waals surface area contributed by atoms with Crippen molar-refractivity contribution in [2.75, 3.05) is 33.2 Å². The Bertz CT molecular complexity index is 668. The number of carbonyl (C=O) groups is 2. The van der Waals surface area contributed by atoms with Crippen LogP contribution in [0.3, 0.4) is 0 Å². The Hall–Kier alpha value is -1.99. The van der Waals surface area contributed by atoms with Crippen LogP contribution >= 0.6 is 11.3 Å². The Kier molecular flexibility index (Phi) is 6.69. The van der Waals surface area contributed by atoms with Crippen LogP contribution in [0.4, 0.5) is 0 Å². The minimum Gasteiger partial charge on any atom is -0.355 e. The van der Waals surface area contributed by atoms with E-state index in [2.05, 4.69) is 16.4 Å². The maximum Gasteiger partial charge on any atom is 0.278 e. The fourth-order valence-corrected chi connectivity index (χ4v) is 3.57. The zero-order chi connectivity index (χ0) is 17.5. The van der Waals surface area contributed by atoms with Gasteiger partial charge in [0.1, 0.15) is 11.6 Å². The first kappa shape index (κ1) is 18.4. The van der Waals surface area contributed by atoms with E-state index in [1.54, 1.807) is 16.2 Å². The van der Waals surface area contributed by atoms with Crippen LogP contribution in [-0.2, 0) is 16.1 Å². The molecule has 1 heterocycles. The van der Waals surface area contributed by atoms with E-state index in [-0.39, 0.29) is 18.4 Å². The fourth-order valence-electron chi connectivity index (χ4n) is 2.49. The molecule has 1 atom stereocenters. The summed E-state index contributed by atoms with van der Waals surface area (Å²) in [4.78, 5) is 31.3. The predicted octanol–water partition coefficient (Wildman–Crippen LogP) is 0.296. The highest BCUT2D eigenvalue weighted by Crippen LogP contribution is 2.20. The lowest BCUT2D eigenvalue weighted by Gasteiger charge is -2.21. The van der Waals surface area contributed by atoms with Gasteiger partial charge in [-0.05, 0) is 26.0 Å². The first-order valence-corrected chi connectivity index (χ1v) is 9.05. The number of nitrogens with one attached hydrogen (secondary N) is 2. The van der Waals surface area contributed by atoms with Crippen LogP contribution in [0.5, 0.6) is 0 Å². The van der Waals surface area contributed by atoms with Gasteiger partial charge < -0.3 is 15.1 Å². The van der Waals surface area contributed by atoms with Crippen molar-refractivity contribution in [2.24, 2.45) is 0 Å². The number of hydrogen-bond donors (Lipinski definition) is 2. The van der Waals surface area contributed by atoms with Gasteiger partial charge in [-0.2, -0.15) is 0 Å². The average Bonchev–Trinajstić information content (AvgIpc) is 2.94. The number of thiazole rings is 1. The molecule has 0 aliphatic heterocycles. The molecule has 0 radical (unpaired) electrons. The summed E-state index contributed by atoms with van der Waals surface area (Å²) < 4.78 is 1.16. The predicted molar refractivity (Wildman–Crippen MR) is 96.0 cm³/mol. The maximum absolute atomic E-state index is 12.4. The highest BCUT2D eigenvalue weighted by molar-refractivity contribution is 7.18. The number of rotatable bonds is 8. The Labute approximate surface area is 146 Å². The molecule has 0 aliphatic rings. The molecule has 0 spiro atoms. The zero-order valence-electron chi connectivity index (χ0n) is 14.5. The number of amides is 2. The number of quaternary nitrogens is 1. The third-order valence-corrected chi connectivity index (χ3v) is 4.72. The number of likely N-dealkylation sites (N-methyl/N-ethyl adjacent to an activating group) is 3. The number of nitrogens with zero attached hydrogens (tertiary/aromatic N) is 2. The van der Waals surface area contributed by atoms with Crippen molar-refractivity contribution < 1.29 is 14.5 Å². The van der Waals surface area contributed by atoms with Crippen LogP contribution in [0.25, 0.3) is 10.2 Å². The molecule has 7 heteroatoms. The number of para-hydroxylation sites is 1. The molecule has 1 aromatic carbocycles. The second-order valence-electron chi connectivity index (χ2n) is 5.75. The van der Waals surface area contributed by atoms with Crippen LogP contribution in [0.1, 0.15) is 18.9 Å². The molecule has 0 bridgehead atoms. The van der Waals surface area contributed by atoms with Crippen LogP contribution in [-0.4, -0.2) is 54.9 Å². The summed E-state index contributed by atoms with van der Waals surface area (Å²) in [5, 5.41) is 3.75. The standard InChI is InChI=1S/C17H24N4O2S/c1-4-18-15(22)10-21(5-2)17(23)12-20(3)11-16-19-13-8-6-7-9-14(13)24-16/h6-9H,4-5,10-12H2,1-3H3,(H,18,22)/p+1. The van der Waals surface area contributed by atoms with Gasteiger partial charge in [0.25, 0.3) is 5.91 Å². The van der Waals surface area contributed by atoms with Crippen molar-refractivity contribution in [2.45, 2.75) is 20.4 Å². The smallest absolute Gasteiger partial charge is 0.278 e. The van der Waals surface area contributed by atoms with Gasteiger partial charge in [-0.1, -0.05) is 12.1 Å². The quantitative estimate of drug-likeness (QED) is 0.720. The molecular weight excluding hydrogens is 324 g/mol. The average molecular weight is 349 g/mol. The number of fused-ring (bicyclic) bond motifs is 1. The molecule has 0 aliphatic carbocycles. The fraction of sp³-hybridized carbons (Fsp3) is 0.471. The molecule has 130 valence electrons. The van der Waals surface area contributed by atoms with Crippen molar-refractivity contribution in [3.05, 3.63) is 29.3 Å². The molecule has 2 aromatic rings. The molecule has 6 nitrogen and oxygen atoms in total. The summed E-state index contributed by atoms with van der Waals surface area (Å²) in [5.74, 6) is -0.126. The van der Waals surface area contributed by atoms with Crippen LogP contribution in [0.15, 0.2) is 24.3 Å². The summed E-state index contributed by atoms with van der Waals surface area (Å²) in [6, 6.07) is 8.04. The lowest BCUT2D eigenvalue weighted by Crippen LogP contribution is -3.08. The molecule has 0 saturated heterocycles.